The van der Waals surface area contributed by atoms with Gasteiger partial charge >= 0.3 is 0 Å². The van der Waals surface area contributed by atoms with Crippen LogP contribution in [0.1, 0.15) is 31.4 Å². The van der Waals surface area contributed by atoms with E-state index in [1.165, 1.54) is 0 Å². The zero-order valence-corrected chi connectivity index (χ0v) is 11.7. The zero-order valence-electron chi connectivity index (χ0n) is 11.7. The number of aliphatic hydroxyl groups excluding tert-OH is 1. The Labute approximate surface area is 119 Å². The Morgan fingerprint density at radius 3 is 2.65 bits per heavy atom. The fourth-order valence-corrected chi connectivity index (χ4v) is 2.68. The number of fused-ring (bicyclic) bond motifs is 1. The van der Waals surface area contributed by atoms with E-state index in [1.54, 1.807) is 6.92 Å². The second kappa shape index (κ2) is 5.81. The van der Waals surface area contributed by atoms with E-state index in [4.69, 9.17) is 9.47 Å². The molecule has 0 radical (unpaired) electrons. The van der Waals surface area contributed by atoms with Crippen molar-refractivity contribution in [3.63, 3.8) is 0 Å². The van der Waals surface area contributed by atoms with E-state index in [-0.39, 0.29) is 6.10 Å². The van der Waals surface area contributed by atoms with Crippen LogP contribution < -0.4 is 4.74 Å². The van der Waals surface area contributed by atoms with Gasteiger partial charge in [0.2, 0.25) is 0 Å². The van der Waals surface area contributed by atoms with Crippen LogP contribution in [0, 0.1) is 0 Å². The smallest absolute Gasteiger partial charge is 0.133 e. The van der Waals surface area contributed by atoms with Gasteiger partial charge in [-0.3, -0.25) is 0 Å². The molecule has 0 saturated carbocycles. The first-order valence-corrected chi connectivity index (χ1v) is 7.20. The third kappa shape index (κ3) is 2.65. The van der Waals surface area contributed by atoms with Crippen molar-refractivity contribution in [2.24, 2.45) is 0 Å². The number of rotatable bonds is 3. The van der Waals surface area contributed by atoms with Crippen molar-refractivity contribution in [3.05, 3.63) is 42.0 Å². The summed E-state index contributed by atoms with van der Waals surface area (Å²) in [5.74, 6) is 0.824. The first-order chi connectivity index (χ1) is 9.75. The summed E-state index contributed by atoms with van der Waals surface area (Å²) in [6.07, 6.45) is 1.45. The zero-order chi connectivity index (χ0) is 13.9. The molecule has 1 saturated heterocycles. The average Bonchev–Trinajstić information content (AvgIpc) is 2.48. The topological polar surface area (TPSA) is 38.7 Å². The molecule has 3 heteroatoms. The summed E-state index contributed by atoms with van der Waals surface area (Å²) in [6, 6.07) is 12.1. The van der Waals surface area contributed by atoms with Gasteiger partial charge in [0.15, 0.2) is 0 Å². The van der Waals surface area contributed by atoms with E-state index in [0.717, 1.165) is 48.1 Å². The van der Waals surface area contributed by atoms with Crippen LogP contribution in [-0.2, 0) is 4.74 Å². The van der Waals surface area contributed by atoms with Crippen molar-refractivity contribution in [1.29, 1.82) is 0 Å². The predicted octanol–water partition coefficient (Wildman–Crippen LogP) is 3.45. The van der Waals surface area contributed by atoms with Crippen LogP contribution in [0.4, 0.5) is 0 Å². The van der Waals surface area contributed by atoms with Gasteiger partial charge < -0.3 is 14.6 Å². The van der Waals surface area contributed by atoms with Gasteiger partial charge in [-0.05, 0) is 12.3 Å². The summed E-state index contributed by atoms with van der Waals surface area (Å²) in [5, 5.41) is 12.2. The molecule has 0 aromatic heterocycles. The van der Waals surface area contributed by atoms with Crippen molar-refractivity contribution in [2.75, 3.05) is 13.2 Å². The van der Waals surface area contributed by atoms with Crippen LogP contribution in [0.2, 0.25) is 0 Å². The van der Waals surface area contributed by atoms with Crippen molar-refractivity contribution in [3.8, 4) is 5.75 Å². The highest BCUT2D eigenvalue weighted by molar-refractivity contribution is 5.89. The summed E-state index contributed by atoms with van der Waals surface area (Å²) >= 11 is 0. The molecule has 2 aromatic carbocycles. The largest absolute Gasteiger partial charge is 0.489 e. The lowest BCUT2D eigenvalue weighted by Crippen LogP contribution is -2.26. The molecule has 0 unspecified atom stereocenters. The summed E-state index contributed by atoms with van der Waals surface area (Å²) in [7, 11) is 0. The molecule has 1 fully saturated rings. The summed E-state index contributed by atoms with van der Waals surface area (Å²) < 4.78 is 11.6. The highest BCUT2D eigenvalue weighted by atomic mass is 16.5. The van der Waals surface area contributed by atoms with Crippen LogP contribution in [0.3, 0.4) is 0 Å². The normalized spacial score (nSPS) is 18.1. The van der Waals surface area contributed by atoms with Gasteiger partial charge in [-0.15, -0.1) is 0 Å². The van der Waals surface area contributed by atoms with Gasteiger partial charge in [0.05, 0.1) is 19.3 Å². The molecular formula is C17H20O3. The van der Waals surface area contributed by atoms with E-state index in [0.29, 0.717) is 0 Å². The Kier molecular flexibility index (Phi) is 3.90. The molecular weight excluding hydrogens is 252 g/mol. The van der Waals surface area contributed by atoms with Crippen molar-refractivity contribution in [2.45, 2.75) is 32.0 Å². The van der Waals surface area contributed by atoms with Gasteiger partial charge in [0, 0.05) is 23.8 Å². The lowest BCUT2D eigenvalue weighted by molar-refractivity contribution is 0.0249. The standard InChI is InChI=1S/C17H20O3/c1-12(18)15-7-6-13-4-2-3-5-16(13)17(15)20-14-8-10-19-11-9-14/h2-7,12,14,18H,8-11H2,1H3/t12-/m1/s1. The van der Waals surface area contributed by atoms with Gasteiger partial charge in [0.25, 0.3) is 0 Å². The Morgan fingerprint density at radius 2 is 1.90 bits per heavy atom. The van der Waals surface area contributed by atoms with Crippen LogP contribution >= 0.6 is 0 Å². The molecule has 1 atom stereocenters. The van der Waals surface area contributed by atoms with Gasteiger partial charge in [-0.25, -0.2) is 0 Å². The fraction of sp³-hybridized carbons (Fsp3) is 0.412. The molecule has 1 aliphatic heterocycles. The predicted molar refractivity (Wildman–Crippen MR) is 79.1 cm³/mol. The third-order valence-corrected chi connectivity index (χ3v) is 3.81. The Balaban J connectivity index is 2.02. The second-order valence-corrected chi connectivity index (χ2v) is 5.31. The van der Waals surface area contributed by atoms with Gasteiger partial charge in [-0.2, -0.15) is 0 Å². The SMILES string of the molecule is C[C@@H](O)c1ccc2ccccc2c1OC1CCOCC1. The van der Waals surface area contributed by atoms with Crippen molar-refractivity contribution < 1.29 is 14.6 Å². The number of aliphatic hydroxyl groups is 1. The van der Waals surface area contributed by atoms with E-state index >= 15 is 0 Å². The number of hydrogen-bond donors (Lipinski definition) is 1. The Hall–Kier alpha value is -1.58. The highest BCUT2D eigenvalue weighted by Crippen LogP contribution is 2.35. The lowest BCUT2D eigenvalue weighted by atomic mass is 10.0. The second-order valence-electron chi connectivity index (χ2n) is 5.31. The summed E-state index contributed by atoms with van der Waals surface area (Å²) in [4.78, 5) is 0. The van der Waals surface area contributed by atoms with Crippen LogP contribution in [0.25, 0.3) is 10.8 Å². The maximum Gasteiger partial charge on any atom is 0.133 e. The quantitative estimate of drug-likeness (QED) is 0.930. The lowest BCUT2D eigenvalue weighted by Gasteiger charge is -2.26. The number of hydrogen-bond acceptors (Lipinski definition) is 3. The first kappa shape index (κ1) is 13.4. The maximum absolute atomic E-state index is 9.99. The monoisotopic (exact) mass is 272 g/mol. The molecule has 1 aliphatic rings. The van der Waals surface area contributed by atoms with E-state index < -0.39 is 6.10 Å². The highest BCUT2D eigenvalue weighted by Gasteiger charge is 2.20. The molecule has 0 spiro atoms. The molecule has 20 heavy (non-hydrogen) atoms. The molecule has 1 heterocycles. The van der Waals surface area contributed by atoms with Crippen LogP contribution in [0.5, 0.6) is 5.75 Å². The molecule has 0 aliphatic carbocycles. The maximum atomic E-state index is 9.99. The Morgan fingerprint density at radius 1 is 1.15 bits per heavy atom. The van der Waals surface area contributed by atoms with Crippen LogP contribution in [0.15, 0.2) is 36.4 Å². The van der Waals surface area contributed by atoms with Crippen LogP contribution in [-0.4, -0.2) is 24.4 Å². The third-order valence-electron chi connectivity index (χ3n) is 3.81. The minimum Gasteiger partial charge on any atom is -0.489 e. The molecule has 1 N–H and O–H groups in total. The molecule has 2 aromatic rings. The molecule has 0 bridgehead atoms. The first-order valence-electron chi connectivity index (χ1n) is 7.20. The minimum absolute atomic E-state index is 0.173. The Bertz CT molecular complexity index is 586. The number of ether oxygens (including phenoxy) is 2. The molecule has 0 amide bonds. The molecule has 3 nitrogen and oxygen atoms in total. The van der Waals surface area contributed by atoms with E-state index in [2.05, 4.69) is 12.1 Å². The summed E-state index contributed by atoms with van der Waals surface area (Å²) in [6.45, 7) is 3.28. The molecule has 3 rings (SSSR count). The van der Waals surface area contributed by atoms with Crippen molar-refractivity contribution in [1.82, 2.24) is 0 Å². The number of benzene rings is 2. The van der Waals surface area contributed by atoms with Crippen molar-refractivity contribution >= 4 is 10.8 Å². The summed E-state index contributed by atoms with van der Waals surface area (Å²) in [5.41, 5.74) is 0.857. The van der Waals surface area contributed by atoms with Gasteiger partial charge in [0.1, 0.15) is 11.9 Å². The van der Waals surface area contributed by atoms with Gasteiger partial charge in [-0.1, -0.05) is 36.4 Å². The van der Waals surface area contributed by atoms with E-state index in [9.17, 15) is 5.11 Å². The minimum atomic E-state index is -0.533. The molecule has 106 valence electrons. The fourth-order valence-electron chi connectivity index (χ4n) is 2.68. The van der Waals surface area contributed by atoms with E-state index in [1.807, 2.05) is 24.3 Å². The average molecular weight is 272 g/mol.